The molecule has 73 heavy (non-hydrogen) atoms. The van der Waals surface area contributed by atoms with E-state index in [1.165, 1.54) is 295 Å². The van der Waals surface area contributed by atoms with E-state index >= 15 is 0 Å². The number of unbranched alkanes of at least 4 members (excludes halogenated alkanes) is 49. The lowest BCUT2D eigenvalue weighted by molar-refractivity contribution is -0.143. The van der Waals surface area contributed by atoms with Crippen LogP contribution in [-0.4, -0.2) is 47.4 Å². The predicted octanol–water partition coefficient (Wildman–Crippen LogP) is 21.0. The van der Waals surface area contributed by atoms with Crippen LogP contribution in [0.25, 0.3) is 0 Å². The fraction of sp³-hybridized carbons (Fsp3) is 0.910. The number of amides is 1. The Hall–Kier alpha value is -1.66. The molecular formula is C67H129NO5. The van der Waals surface area contributed by atoms with Crippen LogP contribution in [-0.2, 0) is 14.3 Å². The molecule has 0 aromatic carbocycles. The van der Waals surface area contributed by atoms with Gasteiger partial charge in [0.25, 0.3) is 0 Å². The normalized spacial score (nSPS) is 12.7. The van der Waals surface area contributed by atoms with E-state index in [4.69, 9.17) is 4.74 Å². The van der Waals surface area contributed by atoms with Crippen LogP contribution >= 0.6 is 0 Å². The zero-order valence-corrected chi connectivity index (χ0v) is 49.4. The zero-order valence-electron chi connectivity index (χ0n) is 49.4. The van der Waals surface area contributed by atoms with Gasteiger partial charge in [-0.1, -0.05) is 321 Å². The molecule has 0 fully saturated rings. The number of carbonyl (C=O) groups is 2. The van der Waals surface area contributed by atoms with Gasteiger partial charge in [-0.2, -0.15) is 0 Å². The third-order valence-electron chi connectivity index (χ3n) is 15.5. The number of nitrogens with one attached hydrogen (secondary N) is 1. The fourth-order valence-electron chi connectivity index (χ4n) is 10.4. The van der Waals surface area contributed by atoms with Crippen molar-refractivity contribution in [1.29, 1.82) is 0 Å². The number of aliphatic hydroxyl groups excluding tert-OH is 2. The van der Waals surface area contributed by atoms with Crippen LogP contribution < -0.4 is 5.32 Å². The number of rotatable bonds is 62. The van der Waals surface area contributed by atoms with Gasteiger partial charge >= 0.3 is 5.97 Å². The Morgan fingerprint density at radius 2 is 0.644 bits per heavy atom. The number of allylic oxidation sites excluding steroid dienone is 3. The molecule has 1 amide bonds. The van der Waals surface area contributed by atoms with Crippen molar-refractivity contribution in [3.63, 3.8) is 0 Å². The third kappa shape index (κ3) is 59.4. The lowest BCUT2D eigenvalue weighted by Crippen LogP contribution is -2.45. The number of ether oxygens (including phenoxy) is 1. The molecule has 0 heterocycles. The van der Waals surface area contributed by atoms with Gasteiger partial charge in [0, 0.05) is 12.8 Å². The molecule has 0 radical (unpaired) electrons. The quantitative estimate of drug-likeness (QED) is 0.0320. The molecule has 0 aromatic rings. The summed E-state index contributed by atoms with van der Waals surface area (Å²) in [4.78, 5) is 24.5. The van der Waals surface area contributed by atoms with Crippen molar-refractivity contribution in [3.8, 4) is 0 Å². The van der Waals surface area contributed by atoms with Gasteiger partial charge in [-0.25, -0.2) is 0 Å². The largest absolute Gasteiger partial charge is 0.466 e. The van der Waals surface area contributed by atoms with E-state index in [2.05, 4.69) is 31.3 Å². The minimum atomic E-state index is -0.846. The fourth-order valence-corrected chi connectivity index (χ4v) is 10.4. The first-order chi connectivity index (χ1) is 36.0. The van der Waals surface area contributed by atoms with Crippen LogP contribution in [0.2, 0.25) is 0 Å². The van der Waals surface area contributed by atoms with Gasteiger partial charge in [-0.3, -0.25) is 9.59 Å². The van der Waals surface area contributed by atoms with Crippen molar-refractivity contribution >= 4 is 11.9 Å². The SMILES string of the molecule is CCCCC/C=C\CCCCCCCC(=O)OCCCCCCCCCCCCCCCCCCCCCCCC(=O)NC(CO)C(O)/C=C/CCCCCCCCCCCCCCCCCCCCCCC. The summed E-state index contributed by atoms with van der Waals surface area (Å²) < 4.78 is 5.47. The molecule has 2 atom stereocenters. The summed E-state index contributed by atoms with van der Waals surface area (Å²) in [6.07, 6.45) is 78.0. The van der Waals surface area contributed by atoms with Crippen molar-refractivity contribution in [2.75, 3.05) is 13.2 Å². The van der Waals surface area contributed by atoms with Crippen LogP contribution in [0.5, 0.6) is 0 Å². The smallest absolute Gasteiger partial charge is 0.305 e. The Kier molecular flexibility index (Phi) is 61.4. The van der Waals surface area contributed by atoms with Crippen LogP contribution in [0, 0.1) is 0 Å². The minimum absolute atomic E-state index is 0.00191. The van der Waals surface area contributed by atoms with Crippen LogP contribution in [0.1, 0.15) is 367 Å². The molecule has 0 rings (SSSR count). The first-order valence-corrected chi connectivity index (χ1v) is 33.1. The second-order valence-corrected chi connectivity index (χ2v) is 22.8. The number of esters is 1. The number of aliphatic hydroxyl groups is 2. The molecule has 0 spiro atoms. The molecular weight excluding hydrogens is 899 g/mol. The Morgan fingerprint density at radius 1 is 0.370 bits per heavy atom. The molecule has 0 bridgehead atoms. The summed E-state index contributed by atoms with van der Waals surface area (Å²) in [6, 6.07) is -0.630. The molecule has 6 nitrogen and oxygen atoms in total. The average molecular weight is 1030 g/mol. The molecule has 0 saturated carbocycles. The Balaban J connectivity index is 3.42. The molecule has 3 N–H and O–H groups in total. The minimum Gasteiger partial charge on any atom is -0.466 e. The molecule has 6 heteroatoms. The average Bonchev–Trinajstić information content (AvgIpc) is 3.39. The monoisotopic (exact) mass is 1030 g/mol. The van der Waals surface area contributed by atoms with Crippen LogP contribution in [0.4, 0.5) is 0 Å². The first kappa shape index (κ1) is 71.3. The summed E-state index contributed by atoms with van der Waals surface area (Å²) in [5.74, 6) is -0.0633. The molecule has 0 aliphatic rings. The molecule has 432 valence electrons. The maximum Gasteiger partial charge on any atom is 0.305 e. The molecule has 2 unspecified atom stereocenters. The summed E-state index contributed by atoms with van der Waals surface area (Å²) >= 11 is 0. The Labute approximate surface area is 456 Å². The Morgan fingerprint density at radius 3 is 1.00 bits per heavy atom. The van der Waals surface area contributed by atoms with E-state index in [0.717, 1.165) is 44.9 Å². The van der Waals surface area contributed by atoms with Crippen molar-refractivity contribution in [3.05, 3.63) is 24.3 Å². The summed E-state index contributed by atoms with van der Waals surface area (Å²) in [5.41, 5.74) is 0. The lowest BCUT2D eigenvalue weighted by atomic mass is 10.0. The van der Waals surface area contributed by atoms with Crippen LogP contribution in [0.15, 0.2) is 24.3 Å². The van der Waals surface area contributed by atoms with E-state index in [-0.39, 0.29) is 18.5 Å². The third-order valence-corrected chi connectivity index (χ3v) is 15.5. The lowest BCUT2D eigenvalue weighted by Gasteiger charge is -2.20. The number of carbonyl (C=O) groups excluding carboxylic acids is 2. The highest BCUT2D eigenvalue weighted by molar-refractivity contribution is 5.76. The van der Waals surface area contributed by atoms with Gasteiger partial charge in [-0.05, 0) is 57.8 Å². The molecule has 0 aromatic heterocycles. The van der Waals surface area contributed by atoms with Gasteiger partial charge in [0.2, 0.25) is 5.91 Å². The summed E-state index contributed by atoms with van der Waals surface area (Å²) in [5, 5.41) is 23.2. The Bertz CT molecular complexity index is 1140. The first-order valence-electron chi connectivity index (χ1n) is 33.1. The maximum atomic E-state index is 12.5. The number of hydrogen-bond acceptors (Lipinski definition) is 5. The second kappa shape index (κ2) is 62.9. The van der Waals surface area contributed by atoms with E-state index in [9.17, 15) is 19.8 Å². The van der Waals surface area contributed by atoms with E-state index in [1.54, 1.807) is 6.08 Å². The highest BCUT2D eigenvalue weighted by Gasteiger charge is 2.18. The maximum absolute atomic E-state index is 12.5. The standard InChI is InChI=1S/C67H129NO5/c1-3-5-7-9-11-13-15-17-18-19-20-21-22-24-27-30-33-36-39-43-47-51-55-59-65(70)64(63-69)68-66(71)60-56-52-48-44-40-37-34-31-28-25-23-26-29-32-35-38-42-46-50-54-58-62-73-67(72)61-57-53-49-45-41-16-14-12-10-8-6-4-2/h12,14,55,59,64-65,69-70H,3-11,13,15-54,56-58,60-63H2,1-2H3,(H,68,71)/b14-12-,59-55+. The van der Waals surface area contributed by atoms with Gasteiger partial charge in [-0.15, -0.1) is 0 Å². The topological polar surface area (TPSA) is 95.9 Å². The van der Waals surface area contributed by atoms with Crippen molar-refractivity contribution in [2.24, 2.45) is 0 Å². The molecule has 0 aliphatic carbocycles. The van der Waals surface area contributed by atoms with Gasteiger partial charge < -0.3 is 20.3 Å². The van der Waals surface area contributed by atoms with Gasteiger partial charge in [0.1, 0.15) is 0 Å². The predicted molar refractivity (Wildman–Crippen MR) is 320 cm³/mol. The number of hydrogen-bond donors (Lipinski definition) is 3. The molecule has 0 saturated heterocycles. The summed E-state index contributed by atoms with van der Waals surface area (Å²) in [7, 11) is 0. The van der Waals surface area contributed by atoms with Crippen molar-refractivity contribution in [1.82, 2.24) is 5.32 Å². The second-order valence-electron chi connectivity index (χ2n) is 22.8. The van der Waals surface area contributed by atoms with Gasteiger partial charge in [0.15, 0.2) is 0 Å². The summed E-state index contributed by atoms with van der Waals surface area (Å²) in [6.45, 7) is 4.91. The van der Waals surface area contributed by atoms with E-state index in [0.29, 0.717) is 19.4 Å². The molecule has 0 aliphatic heterocycles. The van der Waals surface area contributed by atoms with Crippen LogP contribution in [0.3, 0.4) is 0 Å². The zero-order chi connectivity index (χ0) is 52.9. The highest BCUT2D eigenvalue weighted by Crippen LogP contribution is 2.18. The van der Waals surface area contributed by atoms with Crippen molar-refractivity contribution in [2.45, 2.75) is 379 Å². The van der Waals surface area contributed by atoms with Crippen molar-refractivity contribution < 1.29 is 24.5 Å². The van der Waals surface area contributed by atoms with Gasteiger partial charge in [0.05, 0.1) is 25.4 Å². The highest BCUT2D eigenvalue weighted by atomic mass is 16.5. The van der Waals surface area contributed by atoms with E-state index in [1.807, 2.05) is 6.08 Å². The van der Waals surface area contributed by atoms with E-state index < -0.39 is 12.1 Å².